The molecule has 2 rings (SSSR count). The van der Waals surface area contributed by atoms with Gasteiger partial charge in [-0.25, -0.2) is 9.97 Å². The molecule has 0 aliphatic rings. The topological polar surface area (TPSA) is 51.8 Å². The van der Waals surface area contributed by atoms with Crippen molar-refractivity contribution in [1.29, 1.82) is 0 Å². The highest BCUT2D eigenvalue weighted by atomic mass is 32.2. The van der Waals surface area contributed by atoms with Gasteiger partial charge in [0.2, 0.25) is 0 Å². The van der Waals surface area contributed by atoms with Crippen molar-refractivity contribution in [2.45, 2.75) is 66.3 Å². The van der Waals surface area contributed by atoms with Crippen LogP contribution in [0.15, 0.2) is 35.5 Å². The van der Waals surface area contributed by atoms with Crippen LogP contribution in [0.5, 0.6) is 0 Å². The Morgan fingerprint density at radius 3 is 2.00 bits per heavy atom. The maximum atomic E-state index is 5.69. The molecular weight excluding hydrogens is 302 g/mol. The third kappa shape index (κ3) is 9.95. The summed E-state index contributed by atoms with van der Waals surface area (Å²) in [6, 6.07) is 10.1. The third-order valence-electron chi connectivity index (χ3n) is 2.47. The molecule has 2 aromatic rings. The highest BCUT2D eigenvalue weighted by Crippen LogP contribution is 2.22. The normalized spacial score (nSPS) is 8.52. The Bertz CT molecular complexity index is 508. The minimum atomic E-state index is 0.532. The van der Waals surface area contributed by atoms with Crippen LogP contribution in [0.2, 0.25) is 0 Å². The lowest BCUT2D eigenvalue weighted by Crippen LogP contribution is -1.97. The Morgan fingerprint density at radius 1 is 0.913 bits per heavy atom. The second-order valence-electron chi connectivity index (χ2n) is 3.93. The van der Waals surface area contributed by atoms with Gasteiger partial charge in [0.05, 0.1) is 0 Å². The van der Waals surface area contributed by atoms with Gasteiger partial charge in [-0.15, -0.1) is 0 Å². The number of benzene rings is 1. The number of anilines is 1. The standard InChI is InChI=1S/C13H15N3S.3C2H6/c1-9-5-3-4-6-11(9)8-17-13-15-10(2)7-12(14)16-13;3*1-2/h3-7H,8H2,1-2H3,(H2,14,15,16);3*1-2H3. The molecule has 0 fully saturated rings. The third-order valence-corrected chi connectivity index (χ3v) is 3.37. The summed E-state index contributed by atoms with van der Waals surface area (Å²) in [6.45, 7) is 16.0. The number of nitrogen functional groups attached to an aromatic ring is 1. The molecule has 4 heteroatoms. The quantitative estimate of drug-likeness (QED) is 0.548. The minimum Gasteiger partial charge on any atom is -0.384 e. The van der Waals surface area contributed by atoms with Gasteiger partial charge in [-0.05, 0) is 25.0 Å². The van der Waals surface area contributed by atoms with Crippen LogP contribution in [-0.2, 0) is 5.75 Å². The van der Waals surface area contributed by atoms with Crippen molar-refractivity contribution in [2.24, 2.45) is 0 Å². The second kappa shape index (κ2) is 15.3. The minimum absolute atomic E-state index is 0.532. The summed E-state index contributed by atoms with van der Waals surface area (Å²) in [6.07, 6.45) is 0. The first-order valence-electron chi connectivity index (χ1n) is 8.43. The summed E-state index contributed by atoms with van der Waals surface area (Å²) in [5.74, 6) is 1.40. The maximum Gasteiger partial charge on any atom is 0.190 e. The highest BCUT2D eigenvalue weighted by Gasteiger charge is 2.03. The molecule has 1 aromatic heterocycles. The first kappa shape index (κ1) is 23.7. The fourth-order valence-electron chi connectivity index (χ4n) is 1.54. The Labute approximate surface area is 147 Å². The number of thioether (sulfide) groups is 1. The van der Waals surface area contributed by atoms with E-state index >= 15 is 0 Å². The van der Waals surface area contributed by atoms with Crippen molar-refractivity contribution in [1.82, 2.24) is 9.97 Å². The van der Waals surface area contributed by atoms with Crippen LogP contribution in [0.4, 0.5) is 5.82 Å². The van der Waals surface area contributed by atoms with Gasteiger partial charge < -0.3 is 5.73 Å². The largest absolute Gasteiger partial charge is 0.384 e. The van der Waals surface area contributed by atoms with Crippen LogP contribution in [0, 0.1) is 13.8 Å². The average Bonchev–Trinajstić information content (AvgIpc) is 2.59. The Morgan fingerprint density at radius 2 is 1.48 bits per heavy atom. The second-order valence-corrected chi connectivity index (χ2v) is 4.87. The molecule has 3 nitrogen and oxygen atoms in total. The SMILES string of the molecule is CC.CC.CC.Cc1cc(N)nc(SCc2ccccc2C)n1. The summed E-state index contributed by atoms with van der Waals surface area (Å²) in [4.78, 5) is 8.56. The fourth-order valence-corrected chi connectivity index (χ4v) is 2.53. The van der Waals surface area contributed by atoms with E-state index in [9.17, 15) is 0 Å². The maximum absolute atomic E-state index is 5.69. The van der Waals surface area contributed by atoms with Crippen LogP contribution < -0.4 is 5.73 Å². The Hall–Kier alpha value is -1.55. The van der Waals surface area contributed by atoms with Crippen molar-refractivity contribution in [3.63, 3.8) is 0 Å². The lowest BCUT2D eigenvalue weighted by molar-refractivity contribution is 0.940. The zero-order chi connectivity index (χ0) is 18.3. The van der Waals surface area contributed by atoms with Gasteiger partial charge in [0, 0.05) is 17.5 Å². The summed E-state index contributed by atoms with van der Waals surface area (Å²) in [5.41, 5.74) is 9.20. The van der Waals surface area contributed by atoms with E-state index in [0.717, 1.165) is 16.6 Å². The van der Waals surface area contributed by atoms with Crippen LogP contribution in [0.3, 0.4) is 0 Å². The van der Waals surface area contributed by atoms with Crippen molar-refractivity contribution < 1.29 is 0 Å². The summed E-state index contributed by atoms with van der Waals surface area (Å²) >= 11 is 1.61. The Balaban J connectivity index is 0. The molecule has 0 saturated carbocycles. The zero-order valence-corrected chi connectivity index (χ0v) is 16.8. The molecule has 0 saturated heterocycles. The monoisotopic (exact) mass is 335 g/mol. The summed E-state index contributed by atoms with van der Waals surface area (Å²) < 4.78 is 0. The van der Waals surface area contributed by atoms with E-state index in [1.807, 2.05) is 60.6 Å². The average molecular weight is 336 g/mol. The van der Waals surface area contributed by atoms with Crippen LogP contribution in [0.25, 0.3) is 0 Å². The molecule has 0 aliphatic heterocycles. The number of nitrogens with zero attached hydrogens (tertiary/aromatic N) is 2. The molecule has 23 heavy (non-hydrogen) atoms. The predicted molar refractivity (Wildman–Crippen MR) is 106 cm³/mol. The highest BCUT2D eigenvalue weighted by molar-refractivity contribution is 7.98. The van der Waals surface area contributed by atoms with Crippen LogP contribution >= 0.6 is 11.8 Å². The molecule has 0 unspecified atom stereocenters. The van der Waals surface area contributed by atoms with Crippen molar-refractivity contribution >= 4 is 17.6 Å². The van der Waals surface area contributed by atoms with E-state index in [2.05, 4.69) is 29.0 Å². The smallest absolute Gasteiger partial charge is 0.190 e. The van der Waals surface area contributed by atoms with Gasteiger partial charge in [0.25, 0.3) is 0 Å². The van der Waals surface area contributed by atoms with E-state index in [1.54, 1.807) is 17.8 Å². The molecular formula is C19H33N3S. The van der Waals surface area contributed by atoms with Crippen LogP contribution in [0.1, 0.15) is 58.4 Å². The number of hydrogen-bond donors (Lipinski definition) is 1. The molecule has 0 bridgehead atoms. The van der Waals surface area contributed by atoms with E-state index in [0.29, 0.717) is 5.82 Å². The van der Waals surface area contributed by atoms with Gasteiger partial charge in [-0.2, -0.15) is 0 Å². The number of nitrogens with two attached hydrogens (primary N) is 1. The molecule has 0 aliphatic carbocycles. The van der Waals surface area contributed by atoms with Gasteiger partial charge in [-0.1, -0.05) is 77.6 Å². The van der Waals surface area contributed by atoms with Crippen molar-refractivity contribution in [3.05, 3.63) is 47.2 Å². The molecule has 130 valence electrons. The number of aryl methyl sites for hydroxylation is 2. The fraction of sp³-hybridized carbons (Fsp3) is 0.474. The van der Waals surface area contributed by atoms with Gasteiger partial charge in [0.15, 0.2) is 5.16 Å². The van der Waals surface area contributed by atoms with Crippen molar-refractivity contribution in [2.75, 3.05) is 5.73 Å². The predicted octanol–water partition coefficient (Wildman–Crippen LogP) is 6.05. The first-order valence-corrected chi connectivity index (χ1v) is 9.42. The lowest BCUT2D eigenvalue weighted by Gasteiger charge is -2.05. The molecule has 0 amide bonds. The van der Waals surface area contributed by atoms with Gasteiger partial charge in [-0.3, -0.25) is 0 Å². The summed E-state index contributed by atoms with van der Waals surface area (Å²) in [5, 5.41) is 0.741. The summed E-state index contributed by atoms with van der Waals surface area (Å²) in [7, 11) is 0. The van der Waals surface area contributed by atoms with Crippen molar-refractivity contribution in [3.8, 4) is 0 Å². The zero-order valence-electron chi connectivity index (χ0n) is 16.0. The van der Waals surface area contributed by atoms with E-state index in [1.165, 1.54) is 11.1 Å². The number of rotatable bonds is 3. The van der Waals surface area contributed by atoms with Gasteiger partial charge in [0.1, 0.15) is 5.82 Å². The molecule has 2 N–H and O–H groups in total. The van der Waals surface area contributed by atoms with E-state index in [4.69, 9.17) is 5.73 Å². The lowest BCUT2D eigenvalue weighted by atomic mass is 10.1. The van der Waals surface area contributed by atoms with Gasteiger partial charge >= 0.3 is 0 Å². The number of aromatic nitrogens is 2. The molecule has 0 radical (unpaired) electrons. The van der Waals surface area contributed by atoms with Crippen LogP contribution in [-0.4, -0.2) is 9.97 Å². The number of hydrogen-bond acceptors (Lipinski definition) is 4. The molecule has 1 aromatic carbocycles. The Kier molecular flexibility index (Phi) is 15.8. The van der Waals surface area contributed by atoms with E-state index in [-0.39, 0.29) is 0 Å². The first-order chi connectivity index (χ1) is 11.1. The molecule has 0 atom stereocenters. The molecule has 0 spiro atoms. The van der Waals surface area contributed by atoms with E-state index < -0.39 is 0 Å². The molecule has 1 heterocycles.